The van der Waals surface area contributed by atoms with Gasteiger partial charge in [-0.15, -0.1) is 0 Å². The maximum Gasteiger partial charge on any atom is 0.171 e. The highest BCUT2D eigenvalue weighted by Gasteiger charge is 2.08. The lowest BCUT2D eigenvalue weighted by Crippen LogP contribution is -1.85. The summed E-state index contributed by atoms with van der Waals surface area (Å²) < 4.78 is 6.16. The molecule has 0 aliphatic carbocycles. The monoisotopic (exact) mass is 349 g/mol. The van der Waals surface area contributed by atoms with Crippen LogP contribution in [0.4, 0.5) is 5.69 Å². The van der Waals surface area contributed by atoms with Crippen molar-refractivity contribution < 1.29 is 4.74 Å². The first-order valence-electron chi connectivity index (χ1n) is 5.92. The molecule has 2 aromatic carbocycles. The molecule has 3 rings (SSSR count). The van der Waals surface area contributed by atoms with E-state index in [2.05, 4.69) is 25.9 Å². The molecule has 0 atom stereocenters. The van der Waals surface area contributed by atoms with Gasteiger partial charge < -0.3 is 15.5 Å². The highest BCUT2D eigenvalue weighted by molar-refractivity contribution is 9.10. The molecule has 0 radical (unpaired) electrons. The third-order valence-electron chi connectivity index (χ3n) is 2.83. The van der Waals surface area contributed by atoms with Crippen molar-refractivity contribution in [3.8, 4) is 5.75 Å². The Balaban J connectivity index is 1.94. The summed E-state index contributed by atoms with van der Waals surface area (Å²) in [6.45, 7) is 0. The number of H-pyrrole nitrogens is 1. The van der Waals surface area contributed by atoms with E-state index in [4.69, 9.17) is 10.5 Å². The summed E-state index contributed by atoms with van der Waals surface area (Å²) in [6.07, 6.45) is 0. The Morgan fingerprint density at radius 1 is 1.25 bits per heavy atom. The van der Waals surface area contributed by atoms with Crippen LogP contribution in [0.1, 0.15) is 0 Å². The van der Waals surface area contributed by atoms with E-state index in [-0.39, 0.29) is 0 Å². The lowest BCUT2D eigenvalue weighted by atomic mass is 10.3. The molecule has 1 aromatic heterocycles. The molecule has 0 bridgehead atoms. The van der Waals surface area contributed by atoms with Crippen molar-refractivity contribution in [3.63, 3.8) is 0 Å². The molecule has 1 heterocycles. The molecule has 20 heavy (non-hydrogen) atoms. The molecule has 0 aliphatic rings. The van der Waals surface area contributed by atoms with E-state index in [9.17, 15) is 0 Å². The number of fused-ring (bicyclic) bond motifs is 1. The van der Waals surface area contributed by atoms with E-state index in [1.807, 2.05) is 36.4 Å². The molecule has 6 heteroatoms. The zero-order chi connectivity index (χ0) is 14.1. The summed E-state index contributed by atoms with van der Waals surface area (Å²) in [6, 6.07) is 11.5. The van der Waals surface area contributed by atoms with Crippen LogP contribution in [-0.4, -0.2) is 17.1 Å². The van der Waals surface area contributed by atoms with Crippen molar-refractivity contribution in [2.45, 2.75) is 10.1 Å². The molecule has 3 aromatic rings. The topological polar surface area (TPSA) is 63.9 Å². The van der Waals surface area contributed by atoms with Gasteiger partial charge in [-0.1, -0.05) is 11.8 Å². The molecule has 102 valence electrons. The van der Waals surface area contributed by atoms with Gasteiger partial charge in [-0.25, -0.2) is 4.98 Å². The Morgan fingerprint density at radius 3 is 2.85 bits per heavy atom. The fourth-order valence-electron chi connectivity index (χ4n) is 1.84. The van der Waals surface area contributed by atoms with Crippen LogP contribution in [0, 0.1) is 0 Å². The van der Waals surface area contributed by atoms with E-state index in [1.165, 1.54) is 0 Å². The van der Waals surface area contributed by atoms with Gasteiger partial charge in [-0.05, 0) is 46.3 Å². The number of anilines is 1. The number of aromatic nitrogens is 2. The standard InChI is InChI=1S/C14H12BrN3OS/c1-19-9-3-4-11-12(7-9)18-14(17-11)20-13-5-2-8(16)6-10(13)15/h2-7H,16H2,1H3,(H,17,18). The SMILES string of the molecule is COc1ccc2nc(Sc3ccc(N)cc3Br)[nH]c2c1. The van der Waals surface area contributed by atoms with Crippen molar-refractivity contribution in [2.75, 3.05) is 12.8 Å². The van der Waals surface area contributed by atoms with Gasteiger partial charge in [-0.2, -0.15) is 0 Å². The number of ether oxygens (including phenoxy) is 1. The first-order valence-corrected chi connectivity index (χ1v) is 7.53. The van der Waals surface area contributed by atoms with Crippen LogP contribution in [0.25, 0.3) is 11.0 Å². The lowest BCUT2D eigenvalue weighted by molar-refractivity contribution is 0.415. The zero-order valence-corrected chi connectivity index (χ0v) is 13.1. The summed E-state index contributed by atoms with van der Waals surface area (Å²) in [5.74, 6) is 0.811. The number of benzene rings is 2. The number of nitrogens with zero attached hydrogens (tertiary/aromatic N) is 1. The minimum atomic E-state index is 0.732. The number of nitrogens with two attached hydrogens (primary N) is 1. The van der Waals surface area contributed by atoms with Crippen LogP contribution in [0.5, 0.6) is 5.75 Å². The molecule has 0 aliphatic heterocycles. The number of hydrogen-bond donors (Lipinski definition) is 2. The lowest BCUT2D eigenvalue weighted by Gasteiger charge is -2.02. The predicted octanol–water partition coefficient (Wildman–Crippen LogP) is 4.07. The quantitative estimate of drug-likeness (QED) is 0.699. The van der Waals surface area contributed by atoms with Crippen LogP contribution >= 0.6 is 27.7 Å². The van der Waals surface area contributed by atoms with Crippen molar-refractivity contribution in [1.82, 2.24) is 9.97 Å². The van der Waals surface area contributed by atoms with Crippen molar-refractivity contribution in [1.29, 1.82) is 0 Å². The summed E-state index contributed by atoms with van der Waals surface area (Å²) in [4.78, 5) is 8.89. The summed E-state index contributed by atoms with van der Waals surface area (Å²) >= 11 is 5.06. The Morgan fingerprint density at radius 2 is 2.10 bits per heavy atom. The molecule has 0 fully saturated rings. The Kier molecular flexibility index (Phi) is 3.58. The first kappa shape index (κ1) is 13.3. The molecule has 0 unspecified atom stereocenters. The third kappa shape index (κ3) is 2.62. The summed E-state index contributed by atoms with van der Waals surface area (Å²) in [5, 5.41) is 0.832. The van der Waals surface area contributed by atoms with Gasteiger partial charge >= 0.3 is 0 Å². The van der Waals surface area contributed by atoms with Crippen LogP contribution in [0.2, 0.25) is 0 Å². The fourth-order valence-corrected chi connectivity index (χ4v) is 3.29. The number of nitrogen functional groups attached to an aromatic ring is 1. The van der Waals surface area contributed by atoms with Crippen LogP contribution in [-0.2, 0) is 0 Å². The third-order valence-corrected chi connectivity index (χ3v) is 4.71. The number of aromatic amines is 1. The summed E-state index contributed by atoms with van der Waals surface area (Å²) in [5.41, 5.74) is 8.34. The van der Waals surface area contributed by atoms with Gasteiger partial charge in [0.25, 0.3) is 0 Å². The Labute approximate surface area is 128 Å². The van der Waals surface area contributed by atoms with Crippen LogP contribution in [0.15, 0.2) is 50.9 Å². The van der Waals surface area contributed by atoms with Crippen molar-refractivity contribution in [2.24, 2.45) is 0 Å². The zero-order valence-electron chi connectivity index (χ0n) is 10.7. The summed E-state index contributed by atoms with van der Waals surface area (Å²) in [7, 11) is 1.65. The second-order valence-electron chi connectivity index (χ2n) is 4.22. The maximum atomic E-state index is 5.74. The van der Waals surface area contributed by atoms with Crippen molar-refractivity contribution in [3.05, 3.63) is 40.9 Å². The molecule has 3 N–H and O–H groups in total. The smallest absolute Gasteiger partial charge is 0.171 e. The number of imidazole rings is 1. The van der Waals surface area contributed by atoms with E-state index in [0.29, 0.717) is 0 Å². The number of hydrogen-bond acceptors (Lipinski definition) is 4. The maximum absolute atomic E-state index is 5.74. The second kappa shape index (κ2) is 5.38. The largest absolute Gasteiger partial charge is 0.497 e. The minimum absolute atomic E-state index is 0.732. The Bertz CT molecular complexity index is 772. The molecule has 0 saturated carbocycles. The van der Waals surface area contributed by atoms with Gasteiger partial charge in [-0.3, -0.25) is 0 Å². The van der Waals surface area contributed by atoms with E-state index in [1.54, 1.807) is 18.9 Å². The fraction of sp³-hybridized carbons (Fsp3) is 0.0714. The first-order chi connectivity index (χ1) is 9.65. The number of rotatable bonds is 3. The molecular weight excluding hydrogens is 338 g/mol. The molecule has 0 amide bonds. The second-order valence-corrected chi connectivity index (χ2v) is 6.10. The van der Waals surface area contributed by atoms with E-state index >= 15 is 0 Å². The van der Waals surface area contributed by atoms with Gasteiger partial charge in [0.2, 0.25) is 0 Å². The Hall–Kier alpha value is -1.66. The number of nitrogens with one attached hydrogen (secondary N) is 1. The van der Waals surface area contributed by atoms with Gasteiger partial charge in [0.05, 0.1) is 18.1 Å². The predicted molar refractivity (Wildman–Crippen MR) is 85.3 cm³/mol. The highest BCUT2D eigenvalue weighted by atomic mass is 79.9. The average molecular weight is 350 g/mol. The van der Waals surface area contributed by atoms with Crippen LogP contribution < -0.4 is 10.5 Å². The van der Waals surface area contributed by atoms with Gasteiger partial charge in [0.1, 0.15) is 5.75 Å². The van der Waals surface area contributed by atoms with Gasteiger partial charge in [0.15, 0.2) is 5.16 Å². The number of halogens is 1. The van der Waals surface area contributed by atoms with E-state index in [0.717, 1.165) is 37.0 Å². The van der Waals surface area contributed by atoms with Crippen molar-refractivity contribution >= 4 is 44.4 Å². The molecule has 0 spiro atoms. The number of methoxy groups -OCH3 is 1. The minimum Gasteiger partial charge on any atom is -0.497 e. The molecule has 4 nitrogen and oxygen atoms in total. The molecular formula is C14H12BrN3OS. The molecule has 0 saturated heterocycles. The van der Waals surface area contributed by atoms with Gasteiger partial charge in [0, 0.05) is 21.1 Å². The average Bonchev–Trinajstić information content (AvgIpc) is 2.83. The van der Waals surface area contributed by atoms with E-state index < -0.39 is 0 Å². The van der Waals surface area contributed by atoms with Crippen LogP contribution in [0.3, 0.4) is 0 Å². The normalized spacial score (nSPS) is 10.9. The highest BCUT2D eigenvalue weighted by Crippen LogP contribution is 2.34.